The van der Waals surface area contributed by atoms with Gasteiger partial charge in [-0.25, -0.2) is 4.98 Å². The normalized spacial score (nSPS) is 19.8. The molecule has 16 heavy (non-hydrogen) atoms. The second-order valence-corrected chi connectivity index (χ2v) is 5.24. The Morgan fingerprint density at radius 1 is 1.56 bits per heavy atom. The number of thiazole rings is 1. The first-order valence-corrected chi connectivity index (χ1v) is 5.86. The molecule has 0 radical (unpaired) electrons. The predicted octanol–water partition coefficient (Wildman–Crippen LogP) is 0.380. The van der Waals surface area contributed by atoms with Gasteiger partial charge in [0.1, 0.15) is 17.1 Å². The molecule has 0 aromatic carbocycles. The molecular weight excluding hydrogens is 226 g/mol. The lowest BCUT2D eigenvalue weighted by atomic mass is 10.0. The summed E-state index contributed by atoms with van der Waals surface area (Å²) in [5, 5.41) is 5.37. The molecule has 0 spiro atoms. The SMILES string of the molecule is CC1(C)NC(=O)CN(Cc2nccs2)C1=O. The first-order chi connectivity index (χ1) is 7.49. The fourth-order valence-corrected chi connectivity index (χ4v) is 2.33. The van der Waals surface area contributed by atoms with Crippen LogP contribution in [0.2, 0.25) is 0 Å². The number of nitrogens with zero attached hydrogens (tertiary/aromatic N) is 2. The number of carbonyl (C=O) groups excluding carboxylic acids is 2. The molecule has 0 atom stereocenters. The Morgan fingerprint density at radius 3 is 2.94 bits per heavy atom. The fraction of sp³-hybridized carbons (Fsp3) is 0.500. The molecule has 0 aliphatic carbocycles. The highest BCUT2D eigenvalue weighted by Crippen LogP contribution is 2.16. The highest BCUT2D eigenvalue weighted by molar-refractivity contribution is 7.09. The Kier molecular flexibility index (Phi) is 2.67. The minimum Gasteiger partial charge on any atom is -0.341 e. The third-order valence-corrected chi connectivity index (χ3v) is 3.18. The van der Waals surface area contributed by atoms with E-state index in [0.717, 1.165) is 5.01 Å². The average molecular weight is 239 g/mol. The number of nitrogens with one attached hydrogen (secondary N) is 1. The summed E-state index contributed by atoms with van der Waals surface area (Å²) in [5.74, 6) is -0.191. The van der Waals surface area contributed by atoms with Crippen LogP contribution in [-0.2, 0) is 16.1 Å². The van der Waals surface area contributed by atoms with Crippen LogP contribution >= 0.6 is 11.3 Å². The molecule has 1 aromatic rings. The third-order valence-electron chi connectivity index (χ3n) is 2.42. The topological polar surface area (TPSA) is 62.3 Å². The first kappa shape index (κ1) is 11.1. The van der Waals surface area contributed by atoms with Crippen molar-refractivity contribution in [3.63, 3.8) is 0 Å². The maximum absolute atomic E-state index is 12.0. The Bertz CT molecular complexity index is 414. The van der Waals surface area contributed by atoms with Crippen molar-refractivity contribution in [3.05, 3.63) is 16.6 Å². The number of amides is 2. The summed E-state index contributed by atoms with van der Waals surface area (Å²) in [7, 11) is 0. The van der Waals surface area contributed by atoms with Crippen LogP contribution in [0.4, 0.5) is 0 Å². The van der Waals surface area contributed by atoms with Gasteiger partial charge in [-0.05, 0) is 13.8 Å². The van der Waals surface area contributed by atoms with Crippen LogP contribution in [0, 0.1) is 0 Å². The van der Waals surface area contributed by atoms with Gasteiger partial charge in [-0.1, -0.05) is 0 Å². The van der Waals surface area contributed by atoms with E-state index in [1.807, 2.05) is 5.38 Å². The first-order valence-electron chi connectivity index (χ1n) is 4.98. The number of hydrogen-bond acceptors (Lipinski definition) is 4. The van der Waals surface area contributed by atoms with Crippen molar-refractivity contribution in [1.29, 1.82) is 0 Å². The molecule has 1 aliphatic rings. The van der Waals surface area contributed by atoms with Crippen LogP contribution in [0.3, 0.4) is 0 Å². The zero-order valence-corrected chi connectivity index (χ0v) is 10.0. The molecule has 5 nitrogen and oxygen atoms in total. The van der Waals surface area contributed by atoms with E-state index in [1.54, 1.807) is 20.0 Å². The van der Waals surface area contributed by atoms with Crippen molar-refractivity contribution < 1.29 is 9.59 Å². The molecule has 2 amide bonds. The molecule has 1 N–H and O–H groups in total. The highest BCUT2D eigenvalue weighted by Gasteiger charge is 2.39. The fourth-order valence-electron chi connectivity index (χ4n) is 1.70. The lowest BCUT2D eigenvalue weighted by Gasteiger charge is -2.36. The van der Waals surface area contributed by atoms with E-state index >= 15 is 0 Å². The van der Waals surface area contributed by atoms with E-state index in [4.69, 9.17) is 0 Å². The van der Waals surface area contributed by atoms with Gasteiger partial charge in [0.15, 0.2) is 0 Å². The Labute approximate surface area is 97.5 Å². The van der Waals surface area contributed by atoms with Gasteiger partial charge >= 0.3 is 0 Å². The van der Waals surface area contributed by atoms with Crippen LogP contribution in [0.15, 0.2) is 11.6 Å². The number of aromatic nitrogens is 1. The molecule has 6 heteroatoms. The Balaban J connectivity index is 2.14. The summed E-state index contributed by atoms with van der Waals surface area (Å²) >= 11 is 1.48. The van der Waals surface area contributed by atoms with E-state index in [-0.39, 0.29) is 18.4 Å². The number of carbonyl (C=O) groups is 2. The van der Waals surface area contributed by atoms with Gasteiger partial charge < -0.3 is 10.2 Å². The molecule has 2 rings (SSSR count). The van der Waals surface area contributed by atoms with E-state index < -0.39 is 5.54 Å². The van der Waals surface area contributed by atoms with Gasteiger partial charge in [0, 0.05) is 11.6 Å². The van der Waals surface area contributed by atoms with Crippen LogP contribution in [0.25, 0.3) is 0 Å². The summed E-state index contributed by atoms with van der Waals surface area (Å²) in [6.07, 6.45) is 1.69. The molecule has 0 bridgehead atoms. The quantitative estimate of drug-likeness (QED) is 0.811. The largest absolute Gasteiger partial charge is 0.341 e. The second kappa shape index (κ2) is 3.86. The van der Waals surface area contributed by atoms with Crippen molar-refractivity contribution in [2.75, 3.05) is 6.54 Å². The third kappa shape index (κ3) is 2.06. The summed E-state index contributed by atoms with van der Waals surface area (Å²) in [6.45, 7) is 3.94. The number of rotatable bonds is 2. The maximum atomic E-state index is 12.0. The molecular formula is C10H13N3O2S. The average Bonchev–Trinajstić information content (AvgIpc) is 2.65. The number of piperazine rings is 1. The molecule has 0 unspecified atom stereocenters. The molecule has 1 fully saturated rings. The van der Waals surface area contributed by atoms with E-state index in [0.29, 0.717) is 6.54 Å². The minimum absolute atomic E-state index is 0.0673. The minimum atomic E-state index is -0.813. The lowest BCUT2D eigenvalue weighted by molar-refractivity contribution is -0.148. The molecule has 2 heterocycles. The molecule has 1 saturated heterocycles. The van der Waals surface area contributed by atoms with Crippen molar-refractivity contribution in [2.24, 2.45) is 0 Å². The monoisotopic (exact) mass is 239 g/mol. The Morgan fingerprint density at radius 2 is 2.31 bits per heavy atom. The van der Waals surface area contributed by atoms with Crippen molar-refractivity contribution in [3.8, 4) is 0 Å². The van der Waals surface area contributed by atoms with E-state index in [2.05, 4.69) is 10.3 Å². The van der Waals surface area contributed by atoms with Crippen LogP contribution in [0.1, 0.15) is 18.9 Å². The van der Waals surface area contributed by atoms with Gasteiger partial charge in [0.25, 0.3) is 0 Å². The highest BCUT2D eigenvalue weighted by atomic mass is 32.1. The van der Waals surface area contributed by atoms with Crippen molar-refractivity contribution in [2.45, 2.75) is 25.9 Å². The zero-order valence-electron chi connectivity index (χ0n) is 9.19. The van der Waals surface area contributed by atoms with Crippen LogP contribution in [-0.4, -0.2) is 33.8 Å². The zero-order chi connectivity index (χ0) is 11.8. The lowest BCUT2D eigenvalue weighted by Crippen LogP contribution is -2.63. The van der Waals surface area contributed by atoms with Gasteiger partial charge in [0.2, 0.25) is 11.8 Å². The van der Waals surface area contributed by atoms with Gasteiger partial charge in [0.05, 0.1) is 6.54 Å². The van der Waals surface area contributed by atoms with Crippen molar-refractivity contribution >= 4 is 23.2 Å². The van der Waals surface area contributed by atoms with E-state index in [1.165, 1.54) is 16.2 Å². The van der Waals surface area contributed by atoms with Crippen LogP contribution < -0.4 is 5.32 Å². The second-order valence-electron chi connectivity index (χ2n) is 4.26. The summed E-state index contributed by atoms with van der Waals surface area (Å²) < 4.78 is 0. The van der Waals surface area contributed by atoms with Crippen molar-refractivity contribution in [1.82, 2.24) is 15.2 Å². The number of hydrogen-bond donors (Lipinski definition) is 1. The van der Waals surface area contributed by atoms with Gasteiger partial charge in [-0.15, -0.1) is 11.3 Å². The molecule has 0 saturated carbocycles. The smallest absolute Gasteiger partial charge is 0.248 e. The van der Waals surface area contributed by atoms with Gasteiger partial charge in [-0.2, -0.15) is 0 Å². The Hall–Kier alpha value is -1.43. The summed E-state index contributed by atoms with van der Waals surface area (Å²) in [6, 6.07) is 0. The standard InChI is InChI=1S/C10H13N3O2S/c1-10(2)9(15)13(5-7(14)12-10)6-8-11-3-4-16-8/h3-4H,5-6H2,1-2H3,(H,12,14). The van der Waals surface area contributed by atoms with Crippen LogP contribution in [0.5, 0.6) is 0 Å². The molecule has 1 aliphatic heterocycles. The maximum Gasteiger partial charge on any atom is 0.248 e. The summed E-state index contributed by atoms with van der Waals surface area (Å²) in [4.78, 5) is 29.1. The summed E-state index contributed by atoms with van der Waals surface area (Å²) in [5.41, 5.74) is -0.813. The molecule has 86 valence electrons. The van der Waals surface area contributed by atoms with Gasteiger partial charge in [-0.3, -0.25) is 9.59 Å². The van der Waals surface area contributed by atoms with E-state index in [9.17, 15) is 9.59 Å². The molecule has 1 aromatic heterocycles. The predicted molar refractivity (Wildman–Crippen MR) is 59.8 cm³/mol.